The van der Waals surface area contributed by atoms with E-state index in [2.05, 4.69) is 27.8 Å². The molecule has 3 aromatic carbocycles. The lowest BCUT2D eigenvalue weighted by Crippen LogP contribution is -2.56. The molecule has 3 amide bonds. The molecule has 0 spiro atoms. The van der Waals surface area contributed by atoms with Crippen molar-refractivity contribution in [1.29, 1.82) is 0 Å². The van der Waals surface area contributed by atoms with Crippen LogP contribution in [0.5, 0.6) is 5.75 Å². The average Bonchev–Trinajstić information content (AvgIpc) is 3.85. The molecule has 4 atom stereocenters. The summed E-state index contributed by atoms with van der Waals surface area (Å²) < 4.78 is 11.4. The molecule has 1 aliphatic carbocycles. The van der Waals surface area contributed by atoms with Gasteiger partial charge in [-0.15, -0.1) is 0 Å². The smallest absolute Gasteiger partial charge is 0.334 e. The number of aromatic nitrogens is 1. The minimum Gasteiger partial charge on any atom is -0.465 e. The third-order valence-electron chi connectivity index (χ3n) is 9.84. The summed E-state index contributed by atoms with van der Waals surface area (Å²) in [5.74, 6) is -3.21. The van der Waals surface area contributed by atoms with Gasteiger partial charge in [0.1, 0.15) is 24.7 Å². The van der Waals surface area contributed by atoms with Crippen molar-refractivity contribution >= 4 is 40.6 Å². The zero-order chi connectivity index (χ0) is 36.2. The van der Waals surface area contributed by atoms with E-state index in [9.17, 15) is 24.0 Å². The molecule has 51 heavy (non-hydrogen) atoms. The van der Waals surface area contributed by atoms with Gasteiger partial charge in [0.15, 0.2) is 5.75 Å². The van der Waals surface area contributed by atoms with Crippen molar-refractivity contribution in [2.75, 3.05) is 13.2 Å². The number of para-hydroxylation sites is 1. The molecular formula is C40H44N4O7. The lowest BCUT2D eigenvalue weighted by Gasteiger charge is -2.29. The summed E-state index contributed by atoms with van der Waals surface area (Å²) in [4.78, 5) is 70.7. The summed E-state index contributed by atoms with van der Waals surface area (Å²) in [6, 6.07) is 20.9. The molecule has 11 nitrogen and oxygen atoms in total. The number of hydrogen-bond acceptors (Lipinski definition) is 7. The first-order chi connectivity index (χ1) is 24.5. The van der Waals surface area contributed by atoms with Crippen molar-refractivity contribution in [2.24, 2.45) is 11.8 Å². The molecule has 4 aromatic rings. The first kappa shape index (κ1) is 35.4. The molecule has 266 valence electrons. The monoisotopic (exact) mass is 692 g/mol. The van der Waals surface area contributed by atoms with E-state index < -0.39 is 53.7 Å². The average molecular weight is 693 g/mol. The molecular weight excluding hydrogens is 648 g/mol. The van der Waals surface area contributed by atoms with Gasteiger partial charge in [-0.1, -0.05) is 81.4 Å². The van der Waals surface area contributed by atoms with E-state index in [0.717, 1.165) is 33.2 Å². The van der Waals surface area contributed by atoms with Crippen LogP contribution in [0, 0.1) is 11.8 Å². The lowest BCUT2D eigenvalue weighted by atomic mass is 9.98. The second-order valence-corrected chi connectivity index (χ2v) is 13.8. The number of nitrogens with one attached hydrogen (secondary N) is 3. The predicted molar refractivity (Wildman–Crippen MR) is 192 cm³/mol. The summed E-state index contributed by atoms with van der Waals surface area (Å²) in [6.07, 6.45) is 2.46. The van der Waals surface area contributed by atoms with Crippen LogP contribution in [-0.4, -0.2) is 70.8 Å². The number of fused-ring (bicyclic) bond motifs is 4. The molecule has 11 heteroatoms. The number of ether oxygens (including phenoxy) is 2. The van der Waals surface area contributed by atoms with Gasteiger partial charge in [0.2, 0.25) is 17.7 Å². The highest BCUT2D eigenvalue weighted by molar-refractivity contribution is 5.95. The zero-order valence-electron chi connectivity index (χ0n) is 29.3. The van der Waals surface area contributed by atoms with Gasteiger partial charge in [0.05, 0.1) is 6.42 Å². The highest BCUT2D eigenvalue weighted by atomic mass is 16.5. The molecule has 2 aliphatic rings. The summed E-state index contributed by atoms with van der Waals surface area (Å²) in [6.45, 7) is 7.27. The number of esters is 2. The fraction of sp³-hybridized carbons (Fsp3) is 0.375. The Bertz CT molecular complexity index is 1910. The van der Waals surface area contributed by atoms with E-state index in [1.165, 1.54) is 4.90 Å². The van der Waals surface area contributed by atoms with Crippen molar-refractivity contribution in [2.45, 2.75) is 71.0 Å². The van der Waals surface area contributed by atoms with E-state index >= 15 is 0 Å². The first-order valence-corrected chi connectivity index (χ1v) is 17.6. The number of H-pyrrole nitrogens is 1. The maximum Gasteiger partial charge on any atom is 0.334 e. The van der Waals surface area contributed by atoms with Gasteiger partial charge in [-0.05, 0) is 60.1 Å². The van der Waals surface area contributed by atoms with E-state index in [4.69, 9.17) is 9.47 Å². The second kappa shape index (κ2) is 15.2. The van der Waals surface area contributed by atoms with Crippen LogP contribution >= 0.6 is 0 Å². The molecule has 6 rings (SSSR count). The van der Waals surface area contributed by atoms with Gasteiger partial charge < -0.3 is 30.0 Å². The largest absolute Gasteiger partial charge is 0.465 e. The van der Waals surface area contributed by atoms with Gasteiger partial charge in [-0.3, -0.25) is 19.2 Å². The molecule has 1 aliphatic heterocycles. The summed E-state index contributed by atoms with van der Waals surface area (Å²) in [7, 11) is 0. The molecule has 2 heterocycles. The second-order valence-electron chi connectivity index (χ2n) is 13.8. The fourth-order valence-corrected chi connectivity index (χ4v) is 7.03. The topological polar surface area (TPSA) is 147 Å². The van der Waals surface area contributed by atoms with E-state index in [1.807, 2.05) is 60.7 Å². The Labute approximate surface area is 297 Å². The number of amides is 3. The van der Waals surface area contributed by atoms with Crippen LogP contribution < -0.4 is 15.4 Å². The lowest BCUT2D eigenvalue weighted by molar-refractivity contribution is -0.147. The van der Waals surface area contributed by atoms with E-state index in [0.29, 0.717) is 25.1 Å². The van der Waals surface area contributed by atoms with Gasteiger partial charge in [-0.2, -0.15) is 0 Å². The zero-order valence-corrected chi connectivity index (χ0v) is 29.3. The fourth-order valence-electron chi connectivity index (χ4n) is 7.03. The van der Waals surface area contributed by atoms with Crippen molar-refractivity contribution in [3.05, 3.63) is 90.1 Å². The van der Waals surface area contributed by atoms with Crippen LogP contribution in [0.1, 0.15) is 64.0 Å². The van der Waals surface area contributed by atoms with Crippen LogP contribution in [-0.2, 0) is 28.7 Å². The Hall–Kier alpha value is -5.45. The number of nitrogens with zero attached hydrogens (tertiary/aromatic N) is 1. The highest BCUT2D eigenvalue weighted by Gasteiger charge is 2.39. The highest BCUT2D eigenvalue weighted by Crippen LogP contribution is 2.44. The molecule has 0 bridgehead atoms. The molecule has 0 radical (unpaired) electrons. The molecule has 1 saturated heterocycles. The first-order valence-electron chi connectivity index (χ1n) is 17.6. The Balaban J connectivity index is 1.00. The SMILES string of the molecule is CC(CC(=O)OCC1c2ccccc2-c2ccccc21)C(=O)NC(C)C(=O)N1CCCC1C(=O)NC(C(=O)Oc1c[nH]c2ccccc12)C(C)C. The van der Waals surface area contributed by atoms with E-state index in [1.54, 1.807) is 33.9 Å². The van der Waals surface area contributed by atoms with Crippen LogP contribution in [0.2, 0.25) is 0 Å². The van der Waals surface area contributed by atoms with Gasteiger partial charge in [0, 0.05) is 35.5 Å². The van der Waals surface area contributed by atoms with Crippen LogP contribution in [0.15, 0.2) is 79.0 Å². The minimum atomic E-state index is -0.945. The molecule has 1 fully saturated rings. The van der Waals surface area contributed by atoms with Crippen molar-refractivity contribution in [3.8, 4) is 16.9 Å². The molecule has 1 aromatic heterocycles. The predicted octanol–water partition coefficient (Wildman–Crippen LogP) is 5.09. The number of likely N-dealkylation sites (tertiary alicyclic amines) is 1. The number of carbonyl (C=O) groups is 5. The molecule has 4 unspecified atom stereocenters. The Morgan fingerprint density at radius 1 is 0.863 bits per heavy atom. The Morgan fingerprint density at radius 3 is 2.20 bits per heavy atom. The third kappa shape index (κ3) is 7.52. The summed E-state index contributed by atoms with van der Waals surface area (Å²) in [5, 5.41) is 6.27. The van der Waals surface area contributed by atoms with Crippen molar-refractivity contribution in [3.63, 3.8) is 0 Å². The number of benzene rings is 3. The van der Waals surface area contributed by atoms with Gasteiger partial charge in [0.25, 0.3) is 0 Å². The minimum absolute atomic E-state index is 0.0883. The number of hydrogen-bond donors (Lipinski definition) is 3. The van der Waals surface area contributed by atoms with Crippen LogP contribution in [0.25, 0.3) is 22.0 Å². The maximum atomic E-state index is 13.5. The number of rotatable bonds is 12. The Morgan fingerprint density at radius 2 is 1.51 bits per heavy atom. The van der Waals surface area contributed by atoms with Crippen LogP contribution in [0.3, 0.4) is 0 Å². The van der Waals surface area contributed by atoms with Crippen molar-refractivity contribution in [1.82, 2.24) is 20.5 Å². The maximum absolute atomic E-state index is 13.5. The number of aromatic amines is 1. The quantitative estimate of drug-likeness (QED) is 0.175. The Kier molecular flexibility index (Phi) is 10.5. The van der Waals surface area contributed by atoms with Crippen molar-refractivity contribution < 1.29 is 33.4 Å². The standard InChI is InChI=1S/C40H44N4O7/c1-23(2)36(40(49)51-34-21-41-32-17-10-9-16-30(32)34)43-38(47)33-18-11-19-44(33)39(48)25(4)42-37(46)24(3)20-35(45)50-22-31-28-14-7-5-12-26(28)27-13-6-8-15-29(27)31/h5-10,12-17,21,23-25,31,33,36,41H,11,18-20,22H2,1-4H3,(H,42,46)(H,43,47). The summed E-state index contributed by atoms with van der Waals surface area (Å²) in [5.41, 5.74) is 5.27. The third-order valence-corrected chi connectivity index (χ3v) is 9.84. The van der Waals surface area contributed by atoms with Gasteiger partial charge >= 0.3 is 11.9 Å². The van der Waals surface area contributed by atoms with Crippen LogP contribution in [0.4, 0.5) is 0 Å². The van der Waals surface area contributed by atoms with E-state index in [-0.39, 0.29) is 24.9 Å². The molecule has 0 saturated carbocycles. The number of carbonyl (C=O) groups excluding carboxylic acids is 5. The normalized spacial score (nSPS) is 17.0. The van der Waals surface area contributed by atoms with Gasteiger partial charge in [-0.25, -0.2) is 4.79 Å². The summed E-state index contributed by atoms with van der Waals surface area (Å²) >= 11 is 0. The molecule has 3 N–H and O–H groups in total.